The molecule has 0 N–H and O–H groups in total. The molecule has 0 aliphatic rings. The molecule has 3 nitrogen and oxygen atoms in total. The third-order valence-corrected chi connectivity index (χ3v) is 6.14. The summed E-state index contributed by atoms with van der Waals surface area (Å²) >= 11 is 13.3. The van der Waals surface area contributed by atoms with Gasteiger partial charge in [-0.05, 0) is 54.1 Å². The molecule has 1 heterocycles. The molecule has 158 valence electrons. The summed E-state index contributed by atoms with van der Waals surface area (Å²) < 4.78 is 42.9. The lowest BCUT2D eigenvalue weighted by atomic mass is 10.1. The van der Waals surface area contributed by atoms with Gasteiger partial charge in [0, 0.05) is 28.4 Å². The van der Waals surface area contributed by atoms with Gasteiger partial charge >= 0.3 is 0 Å². The quantitative estimate of drug-likeness (QED) is 0.282. The van der Waals surface area contributed by atoms with Gasteiger partial charge in [0.05, 0.1) is 5.02 Å². The molecule has 0 saturated carbocycles. The topological polar surface area (TPSA) is 30.7 Å². The number of thioether (sulfide) groups is 1. The normalized spacial score (nSPS) is 11.1. The molecule has 0 unspecified atom stereocenters. The second kappa shape index (κ2) is 9.34. The smallest absolute Gasteiger partial charge is 0.196 e. The van der Waals surface area contributed by atoms with E-state index in [0.717, 1.165) is 5.56 Å². The van der Waals surface area contributed by atoms with E-state index in [1.165, 1.54) is 42.1 Å². The van der Waals surface area contributed by atoms with Crippen LogP contribution in [0.5, 0.6) is 0 Å². The van der Waals surface area contributed by atoms with Crippen LogP contribution in [0.25, 0.3) is 5.69 Å². The molecule has 4 rings (SSSR count). The maximum Gasteiger partial charge on any atom is 0.196 e. The van der Waals surface area contributed by atoms with Gasteiger partial charge < -0.3 is 0 Å². The molecule has 0 radical (unpaired) electrons. The monoisotopic (exact) mass is 479 g/mol. The third-order valence-electron chi connectivity index (χ3n) is 4.54. The Hall–Kier alpha value is -2.48. The lowest BCUT2D eigenvalue weighted by Gasteiger charge is -2.11. The lowest BCUT2D eigenvalue weighted by molar-refractivity contribution is 0.617. The summed E-state index contributed by atoms with van der Waals surface area (Å²) in [6, 6.07) is 14.8. The highest BCUT2D eigenvalue weighted by molar-refractivity contribution is 7.98. The van der Waals surface area contributed by atoms with Gasteiger partial charge in [0.1, 0.15) is 23.3 Å². The average Bonchev–Trinajstić information content (AvgIpc) is 3.13. The molecule has 3 aromatic carbocycles. The molecular formula is C22H14Cl2F3N3S. The number of hydrogen-bond donors (Lipinski definition) is 0. The van der Waals surface area contributed by atoms with E-state index in [9.17, 15) is 13.2 Å². The van der Waals surface area contributed by atoms with E-state index in [0.29, 0.717) is 33.7 Å². The Balaban J connectivity index is 1.69. The summed E-state index contributed by atoms with van der Waals surface area (Å²) in [5, 5.41) is 9.30. The molecule has 4 aromatic rings. The number of halogens is 5. The predicted octanol–water partition coefficient (Wildman–Crippen LogP) is 6.87. The second-order valence-corrected chi connectivity index (χ2v) is 8.38. The summed E-state index contributed by atoms with van der Waals surface area (Å²) in [7, 11) is 0. The summed E-state index contributed by atoms with van der Waals surface area (Å²) in [6.07, 6.45) is 0.311. The van der Waals surface area contributed by atoms with E-state index < -0.39 is 11.6 Å². The Morgan fingerprint density at radius 3 is 2.32 bits per heavy atom. The van der Waals surface area contributed by atoms with E-state index in [2.05, 4.69) is 10.2 Å². The van der Waals surface area contributed by atoms with Gasteiger partial charge in [0.15, 0.2) is 5.16 Å². The molecule has 31 heavy (non-hydrogen) atoms. The third kappa shape index (κ3) is 4.89. The number of aromatic nitrogens is 3. The summed E-state index contributed by atoms with van der Waals surface area (Å²) in [4.78, 5) is 0. The van der Waals surface area contributed by atoms with Crippen LogP contribution in [0.2, 0.25) is 10.0 Å². The molecule has 0 spiro atoms. The van der Waals surface area contributed by atoms with Gasteiger partial charge in [-0.25, -0.2) is 13.2 Å². The average molecular weight is 480 g/mol. The summed E-state index contributed by atoms with van der Waals surface area (Å²) in [5.74, 6) is -0.530. The Kier molecular flexibility index (Phi) is 6.55. The number of rotatable bonds is 6. The first-order valence-corrected chi connectivity index (χ1v) is 10.9. The molecule has 0 fully saturated rings. The number of nitrogens with zero attached hydrogens (tertiary/aromatic N) is 3. The van der Waals surface area contributed by atoms with Crippen molar-refractivity contribution in [1.82, 2.24) is 14.8 Å². The largest absolute Gasteiger partial charge is 0.274 e. The van der Waals surface area contributed by atoms with Crippen LogP contribution in [0.4, 0.5) is 13.2 Å². The van der Waals surface area contributed by atoms with Crippen LogP contribution in [0.3, 0.4) is 0 Å². The van der Waals surface area contributed by atoms with Gasteiger partial charge in [-0.2, -0.15) is 0 Å². The van der Waals surface area contributed by atoms with Gasteiger partial charge in [-0.1, -0.05) is 47.1 Å². The minimum Gasteiger partial charge on any atom is -0.274 e. The first kappa shape index (κ1) is 21.7. The van der Waals surface area contributed by atoms with Crippen molar-refractivity contribution in [3.05, 3.63) is 105 Å². The molecule has 0 bridgehead atoms. The highest BCUT2D eigenvalue weighted by Crippen LogP contribution is 2.30. The zero-order chi connectivity index (χ0) is 22.0. The predicted molar refractivity (Wildman–Crippen MR) is 117 cm³/mol. The Morgan fingerprint density at radius 1 is 0.839 bits per heavy atom. The standard InChI is InChI=1S/C22H14Cl2F3N3S/c23-17-2-1-3-19(26)16(17)12-31-22-29-28-21(11-13-4-9-20(27)18(24)10-13)30(22)15-7-5-14(25)6-8-15/h1-10H,11-12H2. The van der Waals surface area contributed by atoms with Crippen LogP contribution in [0.15, 0.2) is 65.8 Å². The van der Waals surface area contributed by atoms with Gasteiger partial charge in [0.25, 0.3) is 0 Å². The zero-order valence-corrected chi connectivity index (χ0v) is 18.2. The van der Waals surface area contributed by atoms with Crippen LogP contribution in [-0.4, -0.2) is 14.8 Å². The Bertz CT molecular complexity index is 1210. The van der Waals surface area contributed by atoms with Crippen molar-refractivity contribution < 1.29 is 13.2 Å². The molecule has 0 aliphatic heterocycles. The number of hydrogen-bond acceptors (Lipinski definition) is 3. The molecule has 0 atom stereocenters. The summed E-state index contributed by atoms with van der Waals surface area (Å²) in [6.45, 7) is 0. The molecule has 1 aromatic heterocycles. The minimum absolute atomic E-state index is 0.00846. The van der Waals surface area contributed by atoms with Crippen molar-refractivity contribution in [2.45, 2.75) is 17.3 Å². The Labute approximate surface area is 190 Å². The first-order chi connectivity index (χ1) is 14.9. The van der Waals surface area contributed by atoms with Crippen LogP contribution in [0, 0.1) is 17.5 Å². The fourth-order valence-corrected chi connectivity index (χ4v) is 4.51. The van der Waals surface area contributed by atoms with Crippen molar-refractivity contribution in [2.75, 3.05) is 0 Å². The van der Waals surface area contributed by atoms with Crippen LogP contribution >= 0.6 is 35.0 Å². The molecular weight excluding hydrogens is 466 g/mol. The van der Waals surface area contributed by atoms with Crippen molar-refractivity contribution in [2.24, 2.45) is 0 Å². The molecule has 0 aliphatic carbocycles. The zero-order valence-electron chi connectivity index (χ0n) is 15.8. The fraction of sp³-hybridized carbons (Fsp3) is 0.0909. The summed E-state index contributed by atoms with van der Waals surface area (Å²) in [5.41, 5.74) is 1.72. The minimum atomic E-state index is -0.511. The highest BCUT2D eigenvalue weighted by atomic mass is 35.5. The van der Waals surface area contributed by atoms with E-state index in [1.807, 2.05) is 0 Å². The van der Waals surface area contributed by atoms with E-state index in [-0.39, 0.29) is 16.6 Å². The number of benzene rings is 3. The van der Waals surface area contributed by atoms with Gasteiger partial charge in [0.2, 0.25) is 0 Å². The SMILES string of the molecule is Fc1ccc(-n2c(Cc3ccc(F)c(Cl)c3)nnc2SCc2c(F)cccc2Cl)cc1. The van der Waals surface area contributed by atoms with Crippen LogP contribution in [0.1, 0.15) is 17.0 Å². The van der Waals surface area contributed by atoms with E-state index in [1.54, 1.807) is 34.9 Å². The molecule has 9 heteroatoms. The first-order valence-electron chi connectivity index (χ1n) is 9.12. The van der Waals surface area contributed by atoms with Gasteiger partial charge in [-0.3, -0.25) is 4.57 Å². The second-order valence-electron chi connectivity index (χ2n) is 6.62. The fourth-order valence-electron chi connectivity index (χ4n) is 3.00. The molecule has 0 amide bonds. The van der Waals surface area contributed by atoms with Crippen molar-refractivity contribution in [3.8, 4) is 5.69 Å². The maximum absolute atomic E-state index is 14.2. The lowest BCUT2D eigenvalue weighted by Crippen LogP contribution is -2.04. The van der Waals surface area contributed by atoms with E-state index >= 15 is 0 Å². The highest BCUT2D eigenvalue weighted by Gasteiger charge is 2.17. The molecule has 0 saturated heterocycles. The van der Waals surface area contributed by atoms with Crippen molar-refractivity contribution in [3.63, 3.8) is 0 Å². The van der Waals surface area contributed by atoms with Gasteiger partial charge in [-0.15, -0.1) is 10.2 Å². The van der Waals surface area contributed by atoms with Crippen LogP contribution < -0.4 is 0 Å². The van der Waals surface area contributed by atoms with Crippen molar-refractivity contribution >= 4 is 35.0 Å². The van der Waals surface area contributed by atoms with E-state index in [4.69, 9.17) is 23.2 Å². The maximum atomic E-state index is 14.2. The van der Waals surface area contributed by atoms with Crippen LogP contribution in [-0.2, 0) is 12.2 Å². The van der Waals surface area contributed by atoms with Crippen molar-refractivity contribution in [1.29, 1.82) is 0 Å². The Morgan fingerprint density at radius 2 is 1.61 bits per heavy atom.